The zero-order valence-corrected chi connectivity index (χ0v) is 45.9. The van der Waals surface area contributed by atoms with E-state index in [0.717, 1.165) is 12.1 Å². The lowest BCUT2D eigenvalue weighted by Crippen LogP contribution is -2.47. The molecule has 2 rings (SSSR count). The lowest BCUT2D eigenvalue weighted by Gasteiger charge is -2.34. The number of nitrogens with zero attached hydrogens (tertiary/aromatic N) is 4. The molecule has 11 nitrogen and oxygen atoms in total. The fraction of sp³-hybridized carbons (Fsp3) is 0.898. The second kappa shape index (κ2) is 31.2. The highest BCUT2D eigenvalue weighted by Crippen LogP contribution is 2.20. The fourth-order valence-corrected chi connectivity index (χ4v) is 4.14. The molecule has 2 aliphatic heterocycles. The van der Waals surface area contributed by atoms with Gasteiger partial charge in [0.2, 0.25) is 0 Å². The molecule has 1 atom stereocenters. The smallest absolute Gasteiger partial charge is 0.311 e. The van der Waals surface area contributed by atoms with Gasteiger partial charge in [-0.3, -0.25) is 19.3 Å². The first-order chi connectivity index (χ1) is 26.9. The number of ketones is 2. The molecule has 0 aromatic rings. The second-order valence-electron chi connectivity index (χ2n) is 22.4. The summed E-state index contributed by atoms with van der Waals surface area (Å²) in [4.78, 5) is 42.5. The number of likely N-dealkylation sites (tertiary alicyclic amines) is 1. The molecule has 0 aliphatic carbocycles. The molecule has 0 radical (unpaired) electrons. The highest BCUT2D eigenvalue weighted by molar-refractivity contribution is 7.92. The van der Waals surface area contributed by atoms with Gasteiger partial charge in [-0.15, -0.1) is 0 Å². The fourth-order valence-electron chi connectivity index (χ4n) is 4.14. The number of piperidine rings is 1. The quantitative estimate of drug-likeness (QED) is 0.210. The van der Waals surface area contributed by atoms with E-state index < -0.39 is 31.5 Å². The van der Waals surface area contributed by atoms with Gasteiger partial charge in [0.1, 0.15) is 11.7 Å². The van der Waals surface area contributed by atoms with Crippen molar-refractivity contribution in [2.45, 2.75) is 206 Å². The van der Waals surface area contributed by atoms with E-state index in [2.05, 4.69) is 88.9 Å². The number of allylic oxidation sites excluding steroid dienone is 1. The molecule has 2 heterocycles. The van der Waals surface area contributed by atoms with Crippen molar-refractivity contribution in [1.29, 1.82) is 0 Å². The SMILES string of the molecule is C=CC(=O)C(C)(C)C.CC(C)(C)OC(=O)C(C)(C)C.CC(C)(C)S(C)(=O)=O.CC(C)N(C)C.CC(C)N1CCCCC1.CC(C)N1CCN(C)CC1.CC(O)C(=O)C(C)(C)C. The van der Waals surface area contributed by atoms with Gasteiger partial charge in [0.25, 0.3) is 0 Å². The monoisotopic (exact) mass is 893 g/mol. The first kappa shape index (κ1) is 68.4. The number of esters is 1. The molecule has 0 bridgehead atoms. The molecule has 368 valence electrons. The third-order valence-electron chi connectivity index (χ3n) is 9.59. The predicted molar refractivity (Wildman–Crippen MR) is 264 cm³/mol. The largest absolute Gasteiger partial charge is 0.460 e. The lowest BCUT2D eigenvalue weighted by molar-refractivity contribution is -0.164. The molecule has 2 aliphatic rings. The number of hydrogen-bond donors (Lipinski definition) is 1. The zero-order chi connectivity index (χ0) is 50.1. The van der Waals surface area contributed by atoms with E-state index in [1.807, 2.05) is 62.3 Å². The van der Waals surface area contributed by atoms with E-state index in [0.29, 0.717) is 6.04 Å². The number of likely N-dealkylation sites (N-methyl/N-ethyl adjacent to an activating group) is 1. The van der Waals surface area contributed by atoms with Crippen molar-refractivity contribution in [2.24, 2.45) is 16.2 Å². The molecule has 2 saturated heterocycles. The average molecular weight is 893 g/mol. The normalized spacial score (nSPS) is 16.2. The topological polar surface area (TPSA) is 128 Å². The minimum Gasteiger partial charge on any atom is -0.460 e. The Morgan fingerprint density at radius 2 is 0.967 bits per heavy atom. The van der Waals surface area contributed by atoms with Crippen molar-refractivity contribution in [1.82, 2.24) is 19.6 Å². The summed E-state index contributed by atoms with van der Waals surface area (Å²) in [6.45, 7) is 53.1. The summed E-state index contributed by atoms with van der Waals surface area (Å²) in [5, 5.41) is 8.81. The van der Waals surface area contributed by atoms with E-state index in [-0.39, 0.29) is 28.6 Å². The Morgan fingerprint density at radius 3 is 1.10 bits per heavy atom. The predicted octanol–water partition coefficient (Wildman–Crippen LogP) is 9.45. The van der Waals surface area contributed by atoms with E-state index in [1.54, 1.807) is 41.5 Å². The van der Waals surface area contributed by atoms with Crippen LogP contribution in [0.25, 0.3) is 0 Å². The molecule has 0 aromatic carbocycles. The van der Waals surface area contributed by atoms with Crippen LogP contribution >= 0.6 is 0 Å². The van der Waals surface area contributed by atoms with E-state index in [9.17, 15) is 22.8 Å². The molecule has 1 N–H and O–H groups in total. The molecule has 0 amide bonds. The Labute approximate surface area is 380 Å². The van der Waals surface area contributed by atoms with Crippen molar-refractivity contribution in [3.05, 3.63) is 12.7 Å². The number of carbonyl (C=O) groups is 3. The first-order valence-corrected chi connectivity index (χ1v) is 24.4. The maximum absolute atomic E-state index is 11.3. The Balaban J connectivity index is -0.000000201. The number of sulfone groups is 1. The van der Waals surface area contributed by atoms with Gasteiger partial charge in [-0.25, -0.2) is 8.42 Å². The van der Waals surface area contributed by atoms with Gasteiger partial charge >= 0.3 is 5.97 Å². The van der Waals surface area contributed by atoms with Gasteiger partial charge in [0, 0.05) is 61.4 Å². The van der Waals surface area contributed by atoms with Crippen LogP contribution in [0, 0.1) is 16.2 Å². The molecule has 0 aromatic heterocycles. The van der Waals surface area contributed by atoms with Crippen molar-refractivity contribution in [2.75, 3.05) is 66.7 Å². The van der Waals surface area contributed by atoms with E-state index in [4.69, 9.17) is 9.84 Å². The Morgan fingerprint density at radius 1 is 0.639 bits per heavy atom. The van der Waals surface area contributed by atoms with Gasteiger partial charge in [0.05, 0.1) is 10.2 Å². The maximum Gasteiger partial charge on any atom is 0.311 e. The number of piperazine rings is 1. The molecular formula is C49H104N4O7S. The van der Waals surface area contributed by atoms with Gasteiger partial charge in [-0.05, 0) is 164 Å². The standard InChI is InChI=1S/C9H18O2.C8H18N2.C8H17N.C7H14O2.C7H12O.C5H13N.C5H12O2S/c1-8(2,3)7(10)11-9(4,5)6;1-8(2)10-6-4-9(3)5-7-10;1-8(2)9-6-4-3-5-7-9;1-5(8)6(9)7(2,3)4;1-5-6(8)7(2,3)4;1-5(2)6(3)4;1-5(2,3)8(4,6)7/h1-6H3;8H,4-7H2,1-3H3;8H,3-7H2,1-2H3;5,8H,1-4H3;5H,1H2,2-4H3;5H,1-4H3;1-4H3. The van der Waals surface area contributed by atoms with E-state index in [1.165, 1.54) is 77.8 Å². The molecular weight excluding hydrogens is 789 g/mol. The summed E-state index contributed by atoms with van der Waals surface area (Å²) in [6.07, 6.45) is 6.05. The number of rotatable bonds is 5. The maximum atomic E-state index is 11.3. The number of aliphatic hydroxyl groups excluding tert-OH is 1. The van der Waals surface area contributed by atoms with Crippen LogP contribution in [-0.4, -0.2) is 152 Å². The minimum atomic E-state index is -2.84. The average Bonchev–Trinajstić information content (AvgIpc) is 3.07. The summed E-state index contributed by atoms with van der Waals surface area (Å²) in [7, 11) is 3.50. The molecule has 2 fully saturated rings. The van der Waals surface area contributed by atoms with Crippen LogP contribution in [0.5, 0.6) is 0 Å². The van der Waals surface area contributed by atoms with Gasteiger partial charge in [0.15, 0.2) is 21.4 Å². The van der Waals surface area contributed by atoms with Crippen LogP contribution in [0.15, 0.2) is 12.7 Å². The zero-order valence-electron chi connectivity index (χ0n) is 45.1. The van der Waals surface area contributed by atoms with Gasteiger partial charge in [-0.2, -0.15) is 0 Å². The van der Waals surface area contributed by atoms with E-state index >= 15 is 0 Å². The molecule has 61 heavy (non-hydrogen) atoms. The van der Waals surface area contributed by atoms with Crippen molar-refractivity contribution in [3.63, 3.8) is 0 Å². The van der Waals surface area contributed by atoms with Crippen molar-refractivity contribution in [3.8, 4) is 0 Å². The van der Waals surface area contributed by atoms with Gasteiger partial charge in [-0.1, -0.05) is 54.5 Å². The van der Waals surface area contributed by atoms with Crippen molar-refractivity contribution < 1.29 is 32.6 Å². The summed E-state index contributed by atoms with van der Waals surface area (Å²) >= 11 is 0. The number of aliphatic hydroxyl groups is 1. The Kier molecular flexibility index (Phi) is 35.0. The van der Waals surface area contributed by atoms with Crippen LogP contribution < -0.4 is 0 Å². The summed E-state index contributed by atoms with van der Waals surface area (Å²) in [5.41, 5.74) is -1.42. The third-order valence-corrected chi connectivity index (χ3v) is 11.8. The molecule has 0 spiro atoms. The van der Waals surface area contributed by atoms with Crippen LogP contribution in [0.2, 0.25) is 0 Å². The number of ether oxygens (including phenoxy) is 1. The van der Waals surface area contributed by atoms with Crippen LogP contribution in [-0.2, 0) is 29.0 Å². The minimum absolute atomic E-state index is 0.0949. The third kappa shape index (κ3) is 42.0. The number of carbonyl (C=O) groups excluding carboxylic acids is 3. The molecule has 12 heteroatoms. The van der Waals surface area contributed by atoms with Crippen LogP contribution in [0.4, 0.5) is 0 Å². The second-order valence-corrected chi connectivity index (χ2v) is 25.2. The molecule has 1 unspecified atom stereocenters. The summed E-state index contributed by atoms with van der Waals surface area (Å²) in [5.74, 6) is -0.162. The Hall–Kier alpha value is -1.70. The summed E-state index contributed by atoms with van der Waals surface area (Å²) < 4.78 is 25.9. The van der Waals surface area contributed by atoms with Gasteiger partial charge < -0.3 is 24.5 Å². The molecule has 0 saturated carbocycles. The van der Waals surface area contributed by atoms with Crippen LogP contribution in [0.3, 0.4) is 0 Å². The van der Waals surface area contributed by atoms with Crippen LogP contribution in [0.1, 0.15) is 172 Å². The highest BCUT2D eigenvalue weighted by Gasteiger charge is 2.28. The number of Topliss-reactive ketones (excluding diaryl/α,β-unsaturated/α-hetero) is 1. The summed E-state index contributed by atoms with van der Waals surface area (Å²) in [6, 6.07) is 2.18. The highest BCUT2D eigenvalue weighted by atomic mass is 32.2. The number of hydrogen-bond acceptors (Lipinski definition) is 11. The Bertz CT molecular complexity index is 1270. The first-order valence-electron chi connectivity index (χ1n) is 22.5. The van der Waals surface area contributed by atoms with Crippen molar-refractivity contribution >= 4 is 27.4 Å². The lowest BCUT2D eigenvalue weighted by atomic mass is 9.88.